The van der Waals surface area contributed by atoms with Gasteiger partial charge in [0.1, 0.15) is 0 Å². The van der Waals surface area contributed by atoms with Crippen LogP contribution in [0.2, 0.25) is 0 Å². The predicted octanol–water partition coefficient (Wildman–Crippen LogP) is 2.95. The third-order valence-corrected chi connectivity index (χ3v) is 6.33. The van der Waals surface area contributed by atoms with E-state index in [1.807, 2.05) is 18.2 Å². The molecule has 5 heteroatoms. The third-order valence-electron chi connectivity index (χ3n) is 6.33. The van der Waals surface area contributed by atoms with Crippen molar-refractivity contribution >= 4 is 23.2 Å². The van der Waals surface area contributed by atoms with Gasteiger partial charge in [0.2, 0.25) is 11.8 Å². The molecular formula is C20H27N3O2. The van der Waals surface area contributed by atoms with Gasteiger partial charge in [0.15, 0.2) is 0 Å². The van der Waals surface area contributed by atoms with Gasteiger partial charge in [0.05, 0.1) is 0 Å². The van der Waals surface area contributed by atoms with E-state index in [9.17, 15) is 9.59 Å². The number of nitrogens with zero attached hydrogens (tertiary/aromatic N) is 1. The molecule has 1 heterocycles. The van der Waals surface area contributed by atoms with Crippen molar-refractivity contribution in [2.24, 2.45) is 23.7 Å². The molecule has 2 N–H and O–H groups in total. The minimum Gasteiger partial charge on any atom is -0.326 e. The van der Waals surface area contributed by atoms with Gasteiger partial charge in [-0.3, -0.25) is 9.59 Å². The second kappa shape index (κ2) is 6.79. The van der Waals surface area contributed by atoms with Crippen molar-refractivity contribution < 1.29 is 9.59 Å². The molecule has 2 saturated carbocycles. The molecule has 2 bridgehead atoms. The summed E-state index contributed by atoms with van der Waals surface area (Å²) in [6, 6.07) is 7.28. The molecule has 1 saturated heterocycles. The number of anilines is 2. The first kappa shape index (κ1) is 16.6. The summed E-state index contributed by atoms with van der Waals surface area (Å²) in [6.45, 7) is 4.71. The third kappa shape index (κ3) is 3.56. The Morgan fingerprint density at radius 2 is 1.72 bits per heavy atom. The molecule has 25 heavy (non-hydrogen) atoms. The number of amides is 2. The van der Waals surface area contributed by atoms with Crippen LogP contribution in [-0.2, 0) is 9.59 Å². The highest BCUT2D eigenvalue weighted by Gasteiger charge is 2.51. The zero-order valence-corrected chi connectivity index (χ0v) is 14.8. The summed E-state index contributed by atoms with van der Waals surface area (Å²) < 4.78 is 0. The smallest absolute Gasteiger partial charge is 0.225 e. The first-order valence-corrected chi connectivity index (χ1v) is 9.48. The van der Waals surface area contributed by atoms with Gasteiger partial charge in [-0.1, -0.05) is 6.07 Å². The van der Waals surface area contributed by atoms with Crippen LogP contribution < -0.4 is 10.6 Å². The van der Waals surface area contributed by atoms with Crippen molar-refractivity contribution in [3.8, 4) is 0 Å². The maximum atomic E-state index is 12.3. The second-order valence-corrected chi connectivity index (χ2v) is 7.98. The Balaban J connectivity index is 1.25. The highest BCUT2D eigenvalue weighted by Crippen LogP contribution is 2.55. The highest BCUT2D eigenvalue weighted by molar-refractivity contribution is 5.93. The van der Waals surface area contributed by atoms with Crippen molar-refractivity contribution in [1.82, 2.24) is 4.90 Å². The number of likely N-dealkylation sites (tertiary alicyclic amines) is 1. The summed E-state index contributed by atoms with van der Waals surface area (Å²) in [5, 5.41) is 5.68. The second-order valence-electron chi connectivity index (χ2n) is 7.98. The van der Waals surface area contributed by atoms with E-state index < -0.39 is 0 Å². The van der Waals surface area contributed by atoms with Gasteiger partial charge < -0.3 is 15.5 Å². The number of benzene rings is 1. The molecule has 3 aliphatic rings. The Labute approximate surface area is 149 Å². The van der Waals surface area contributed by atoms with Crippen LogP contribution in [0.1, 0.15) is 32.6 Å². The molecule has 1 aliphatic heterocycles. The lowest BCUT2D eigenvalue weighted by atomic mass is 9.82. The molecule has 134 valence electrons. The Bertz CT molecular complexity index is 657. The molecule has 3 fully saturated rings. The Hall–Kier alpha value is -1.88. The molecule has 1 aromatic carbocycles. The van der Waals surface area contributed by atoms with E-state index in [0.29, 0.717) is 12.1 Å². The van der Waals surface area contributed by atoms with Crippen molar-refractivity contribution in [2.75, 3.05) is 30.3 Å². The Morgan fingerprint density at radius 1 is 1.08 bits per heavy atom. The fraction of sp³-hybridized carbons (Fsp3) is 0.600. The van der Waals surface area contributed by atoms with Crippen LogP contribution in [0.5, 0.6) is 0 Å². The number of carbonyl (C=O) groups excluding carboxylic acids is 2. The summed E-state index contributed by atoms with van der Waals surface area (Å²) >= 11 is 0. The summed E-state index contributed by atoms with van der Waals surface area (Å²) in [6.07, 6.45) is 4.86. The number of rotatable bonds is 5. The molecule has 0 spiro atoms. The molecule has 0 aromatic heterocycles. The molecule has 2 aliphatic carbocycles. The SMILES string of the molecule is CC(=O)Nc1cccc(NC(=O)CCN2C[C@@H]3[C@@H]4CC[C@@H](C4)[C@@H]3C2)c1. The highest BCUT2D eigenvalue weighted by atomic mass is 16.2. The Kier molecular flexibility index (Phi) is 4.50. The minimum atomic E-state index is -0.114. The van der Waals surface area contributed by atoms with Crippen molar-refractivity contribution in [1.29, 1.82) is 0 Å². The van der Waals surface area contributed by atoms with Crippen LogP contribution in [-0.4, -0.2) is 36.3 Å². The standard InChI is InChI=1S/C20H27N3O2/c1-13(24)21-16-3-2-4-17(10-16)22-20(25)7-8-23-11-18-14-5-6-15(9-14)19(18)12-23/h2-4,10,14-15,18-19H,5-9,11-12H2,1H3,(H,21,24)(H,22,25)/t14-,15+,18-,19+. The van der Waals surface area contributed by atoms with E-state index in [4.69, 9.17) is 0 Å². The molecule has 4 atom stereocenters. The summed E-state index contributed by atoms with van der Waals surface area (Å²) in [7, 11) is 0. The van der Waals surface area contributed by atoms with Gasteiger partial charge in [0, 0.05) is 44.4 Å². The quantitative estimate of drug-likeness (QED) is 0.865. The molecule has 1 aromatic rings. The average molecular weight is 341 g/mol. The van der Waals surface area contributed by atoms with Gasteiger partial charge in [-0.05, 0) is 61.1 Å². The fourth-order valence-corrected chi connectivity index (χ4v) is 5.31. The van der Waals surface area contributed by atoms with Crippen molar-refractivity contribution in [3.63, 3.8) is 0 Å². The predicted molar refractivity (Wildman–Crippen MR) is 98.2 cm³/mol. The number of fused-ring (bicyclic) bond motifs is 5. The minimum absolute atomic E-state index is 0.0417. The van der Waals surface area contributed by atoms with Crippen LogP contribution in [0.15, 0.2) is 24.3 Å². The van der Waals surface area contributed by atoms with Crippen molar-refractivity contribution in [2.45, 2.75) is 32.6 Å². The summed E-state index contributed by atoms with van der Waals surface area (Å²) in [4.78, 5) is 25.9. The maximum Gasteiger partial charge on any atom is 0.225 e. The number of nitrogens with one attached hydrogen (secondary N) is 2. The van der Waals surface area contributed by atoms with Crippen molar-refractivity contribution in [3.05, 3.63) is 24.3 Å². The van der Waals surface area contributed by atoms with E-state index in [2.05, 4.69) is 15.5 Å². The summed E-state index contributed by atoms with van der Waals surface area (Å²) in [5.41, 5.74) is 1.43. The van der Waals surface area contributed by atoms with E-state index in [1.54, 1.807) is 6.07 Å². The van der Waals surface area contributed by atoms with Crippen LogP contribution in [0, 0.1) is 23.7 Å². The average Bonchev–Trinajstić information content (AvgIpc) is 3.25. The molecule has 0 unspecified atom stereocenters. The number of hydrogen-bond donors (Lipinski definition) is 2. The van der Waals surface area contributed by atoms with Crippen LogP contribution >= 0.6 is 0 Å². The summed E-state index contributed by atoms with van der Waals surface area (Å²) in [5.74, 6) is 3.65. The fourth-order valence-electron chi connectivity index (χ4n) is 5.31. The van der Waals surface area contributed by atoms with E-state index in [0.717, 1.165) is 35.9 Å². The van der Waals surface area contributed by atoms with Crippen LogP contribution in [0.4, 0.5) is 11.4 Å². The zero-order chi connectivity index (χ0) is 17.4. The van der Waals surface area contributed by atoms with E-state index in [-0.39, 0.29) is 11.8 Å². The normalized spacial score (nSPS) is 30.3. The Morgan fingerprint density at radius 3 is 2.36 bits per heavy atom. The largest absolute Gasteiger partial charge is 0.326 e. The van der Waals surface area contributed by atoms with Gasteiger partial charge in [-0.15, -0.1) is 0 Å². The topological polar surface area (TPSA) is 61.4 Å². The molecular weight excluding hydrogens is 314 g/mol. The van der Waals surface area contributed by atoms with Gasteiger partial charge in [0.25, 0.3) is 0 Å². The first-order chi connectivity index (χ1) is 12.1. The van der Waals surface area contributed by atoms with Crippen LogP contribution in [0.25, 0.3) is 0 Å². The molecule has 0 radical (unpaired) electrons. The molecule has 4 rings (SSSR count). The van der Waals surface area contributed by atoms with Gasteiger partial charge in [-0.25, -0.2) is 0 Å². The zero-order valence-electron chi connectivity index (χ0n) is 14.8. The lowest BCUT2D eigenvalue weighted by Gasteiger charge is -2.22. The van der Waals surface area contributed by atoms with Gasteiger partial charge in [-0.2, -0.15) is 0 Å². The van der Waals surface area contributed by atoms with Crippen LogP contribution in [0.3, 0.4) is 0 Å². The van der Waals surface area contributed by atoms with E-state index >= 15 is 0 Å². The number of hydrogen-bond acceptors (Lipinski definition) is 3. The first-order valence-electron chi connectivity index (χ1n) is 9.48. The van der Waals surface area contributed by atoms with E-state index in [1.165, 1.54) is 39.3 Å². The lowest BCUT2D eigenvalue weighted by Crippen LogP contribution is -2.27. The monoisotopic (exact) mass is 341 g/mol. The maximum absolute atomic E-state index is 12.3. The lowest BCUT2D eigenvalue weighted by molar-refractivity contribution is -0.116. The molecule has 2 amide bonds. The number of carbonyl (C=O) groups is 2. The van der Waals surface area contributed by atoms with Gasteiger partial charge >= 0.3 is 0 Å². The molecule has 5 nitrogen and oxygen atoms in total.